The molecule has 0 aliphatic carbocycles. The van der Waals surface area contributed by atoms with E-state index in [0.29, 0.717) is 5.56 Å². The molecule has 0 bridgehead atoms. The average molecular weight is 344 g/mol. The van der Waals surface area contributed by atoms with Crippen molar-refractivity contribution in [2.24, 2.45) is 0 Å². The zero-order chi connectivity index (χ0) is 11.5. The van der Waals surface area contributed by atoms with Crippen LogP contribution in [0.3, 0.4) is 0 Å². The Bertz CT molecular complexity index is 492. The first kappa shape index (κ1) is 11.8. The number of hydrogen-bond donors (Lipinski definition) is 0. The SMILES string of the molecule is FCc1cc(Br)ccc1-c1ccc(Br)cc1. The molecule has 0 saturated heterocycles. The predicted octanol–water partition coefficient (Wildman–Crippen LogP) is 5.35. The van der Waals surface area contributed by atoms with Crippen molar-refractivity contribution < 1.29 is 4.39 Å². The first-order chi connectivity index (χ1) is 7.70. The lowest BCUT2D eigenvalue weighted by Crippen LogP contribution is -1.86. The highest BCUT2D eigenvalue weighted by atomic mass is 79.9. The van der Waals surface area contributed by atoms with Crippen molar-refractivity contribution in [2.75, 3.05) is 0 Å². The fourth-order valence-corrected chi connectivity index (χ4v) is 2.26. The molecule has 0 heterocycles. The lowest BCUT2D eigenvalue weighted by molar-refractivity contribution is 0.486. The van der Waals surface area contributed by atoms with Gasteiger partial charge in [-0.1, -0.05) is 50.1 Å². The minimum atomic E-state index is -0.454. The summed E-state index contributed by atoms with van der Waals surface area (Å²) in [4.78, 5) is 0. The molecule has 0 amide bonds. The quantitative estimate of drug-likeness (QED) is 0.689. The van der Waals surface area contributed by atoms with Gasteiger partial charge in [-0.05, 0) is 41.0 Å². The number of rotatable bonds is 2. The van der Waals surface area contributed by atoms with Gasteiger partial charge < -0.3 is 0 Å². The summed E-state index contributed by atoms with van der Waals surface area (Å²) in [6, 6.07) is 13.5. The van der Waals surface area contributed by atoms with Crippen molar-refractivity contribution in [3.8, 4) is 11.1 Å². The molecule has 0 N–H and O–H groups in total. The van der Waals surface area contributed by atoms with E-state index in [1.54, 1.807) is 0 Å². The molecule has 0 nitrogen and oxygen atoms in total. The summed E-state index contributed by atoms with van der Waals surface area (Å²) in [5, 5.41) is 0. The Hall–Kier alpha value is -0.670. The Kier molecular flexibility index (Phi) is 3.77. The molecule has 0 radical (unpaired) electrons. The topological polar surface area (TPSA) is 0 Å². The average Bonchev–Trinajstić information content (AvgIpc) is 2.30. The molecule has 0 aromatic heterocycles. The van der Waals surface area contributed by atoms with Gasteiger partial charge in [0.15, 0.2) is 0 Å². The Labute approximate surface area is 111 Å². The van der Waals surface area contributed by atoms with E-state index in [1.807, 2.05) is 42.5 Å². The Balaban J connectivity index is 2.51. The molecule has 2 aromatic carbocycles. The van der Waals surface area contributed by atoms with Crippen LogP contribution in [-0.2, 0) is 6.67 Å². The molecule has 0 aliphatic heterocycles. The Morgan fingerprint density at radius 1 is 0.875 bits per heavy atom. The second kappa shape index (κ2) is 5.11. The van der Waals surface area contributed by atoms with Gasteiger partial charge in [-0.25, -0.2) is 4.39 Å². The summed E-state index contributed by atoms with van der Waals surface area (Å²) >= 11 is 6.73. The number of benzene rings is 2. The third kappa shape index (κ3) is 2.53. The lowest BCUT2D eigenvalue weighted by atomic mass is 10.0. The molecule has 0 unspecified atom stereocenters. The summed E-state index contributed by atoms with van der Waals surface area (Å²) < 4.78 is 14.8. The van der Waals surface area contributed by atoms with Crippen molar-refractivity contribution in [1.29, 1.82) is 0 Å². The van der Waals surface area contributed by atoms with Crippen LogP contribution in [0, 0.1) is 0 Å². The third-order valence-corrected chi connectivity index (χ3v) is 3.39. The number of hydrogen-bond acceptors (Lipinski definition) is 0. The van der Waals surface area contributed by atoms with Gasteiger partial charge >= 0.3 is 0 Å². The molecular weight excluding hydrogens is 335 g/mol. The molecule has 2 aromatic rings. The summed E-state index contributed by atoms with van der Waals surface area (Å²) in [6.45, 7) is -0.454. The highest BCUT2D eigenvalue weighted by molar-refractivity contribution is 9.10. The van der Waals surface area contributed by atoms with Crippen LogP contribution in [0.15, 0.2) is 51.4 Å². The zero-order valence-corrected chi connectivity index (χ0v) is 11.6. The lowest BCUT2D eigenvalue weighted by Gasteiger charge is -2.07. The summed E-state index contributed by atoms with van der Waals surface area (Å²) in [5.74, 6) is 0. The molecule has 2 rings (SSSR count). The van der Waals surface area contributed by atoms with E-state index in [-0.39, 0.29) is 0 Å². The van der Waals surface area contributed by atoms with Gasteiger partial charge in [-0.2, -0.15) is 0 Å². The van der Waals surface area contributed by atoms with Gasteiger partial charge in [0.1, 0.15) is 6.67 Å². The highest BCUT2D eigenvalue weighted by Crippen LogP contribution is 2.28. The second-order valence-corrected chi connectivity index (χ2v) is 5.27. The second-order valence-electron chi connectivity index (χ2n) is 3.44. The van der Waals surface area contributed by atoms with Crippen molar-refractivity contribution in [2.45, 2.75) is 6.67 Å². The highest BCUT2D eigenvalue weighted by Gasteiger charge is 2.05. The zero-order valence-electron chi connectivity index (χ0n) is 8.38. The van der Waals surface area contributed by atoms with Crippen molar-refractivity contribution in [3.05, 3.63) is 57.0 Å². The van der Waals surface area contributed by atoms with Crippen molar-refractivity contribution in [3.63, 3.8) is 0 Å². The van der Waals surface area contributed by atoms with Crippen LogP contribution in [0.1, 0.15) is 5.56 Å². The summed E-state index contributed by atoms with van der Waals surface area (Å²) in [6.07, 6.45) is 0. The molecule has 0 saturated carbocycles. The fraction of sp³-hybridized carbons (Fsp3) is 0.0769. The van der Waals surface area contributed by atoms with Gasteiger partial charge in [0.05, 0.1) is 0 Å². The maximum atomic E-state index is 12.9. The Morgan fingerprint density at radius 3 is 2.12 bits per heavy atom. The normalized spacial score (nSPS) is 10.4. The molecule has 3 heteroatoms. The van der Waals surface area contributed by atoms with Crippen LogP contribution in [0.5, 0.6) is 0 Å². The maximum absolute atomic E-state index is 12.9. The molecule has 0 aliphatic rings. The van der Waals surface area contributed by atoms with E-state index in [2.05, 4.69) is 31.9 Å². The van der Waals surface area contributed by atoms with Gasteiger partial charge in [-0.3, -0.25) is 0 Å². The van der Waals surface area contributed by atoms with Gasteiger partial charge in [0.25, 0.3) is 0 Å². The molecule has 16 heavy (non-hydrogen) atoms. The Morgan fingerprint density at radius 2 is 1.50 bits per heavy atom. The summed E-state index contributed by atoms with van der Waals surface area (Å²) in [7, 11) is 0. The predicted molar refractivity (Wildman–Crippen MR) is 72.1 cm³/mol. The molecule has 0 atom stereocenters. The number of alkyl halides is 1. The van der Waals surface area contributed by atoms with Gasteiger partial charge in [0, 0.05) is 8.95 Å². The van der Waals surface area contributed by atoms with Crippen LogP contribution in [-0.4, -0.2) is 0 Å². The molecular formula is C13H9Br2F. The molecule has 0 spiro atoms. The largest absolute Gasteiger partial charge is 0.246 e. The maximum Gasteiger partial charge on any atom is 0.115 e. The van der Waals surface area contributed by atoms with E-state index >= 15 is 0 Å². The van der Waals surface area contributed by atoms with E-state index in [0.717, 1.165) is 20.1 Å². The van der Waals surface area contributed by atoms with Crippen LogP contribution in [0.25, 0.3) is 11.1 Å². The first-order valence-corrected chi connectivity index (χ1v) is 6.39. The van der Waals surface area contributed by atoms with Crippen LogP contribution in [0.2, 0.25) is 0 Å². The smallest absolute Gasteiger partial charge is 0.115 e. The van der Waals surface area contributed by atoms with E-state index in [4.69, 9.17) is 0 Å². The summed E-state index contributed by atoms with van der Waals surface area (Å²) in [5.41, 5.74) is 2.68. The minimum absolute atomic E-state index is 0.454. The monoisotopic (exact) mass is 342 g/mol. The first-order valence-electron chi connectivity index (χ1n) is 4.81. The third-order valence-electron chi connectivity index (χ3n) is 2.37. The van der Waals surface area contributed by atoms with E-state index < -0.39 is 6.67 Å². The minimum Gasteiger partial charge on any atom is -0.246 e. The standard InChI is InChI=1S/C13H9Br2F/c14-11-3-1-9(2-4-11)13-6-5-12(15)7-10(13)8-16/h1-7H,8H2. The van der Waals surface area contributed by atoms with Crippen molar-refractivity contribution >= 4 is 31.9 Å². The van der Waals surface area contributed by atoms with Crippen LogP contribution >= 0.6 is 31.9 Å². The molecule has 0 fully saturated rings. The van der Waals surface area contributed by atoms with Crippen molar-refractivity contribution in [1.82, 2.24) is 0 Å². The molecule has 82 valence electrons. The number of halogens is 3. The van der Waals surface area contributed by atoms with Crippen LogP contribution < -0.4 is 0 Å². The van der Waals surface area contributed by atoms with E-state index in [9.17, 15) is 4.39 Å². The van der Waals surface area contributed by atoms with E-state index in [1.165, 1.54) is 0 Å². The van der Waals surface area contributed by atoms with Crippen LogP contribution in [0.4, 0.5) is 4.39 Å². The fourth-order valence-electron chi connectivity index (χ4n) is 1.58. The van der Waals surface area contributed by atoms with Gasteiger partial charge in [-0.15, -0.1) is 0 Å². The van der Waals surface area contributed by atoms with Gasteiger partial charge in [0.2, 0.25) is 0 Å².